The van der Waals surface area contributed by atoms with Crippen molar-refractivity contribution in [1.82, 2.24) is 10.7 Å². The lowest BCUT2D eigenvalue weighted by molar-refractivity contribution is -0.139. The first-order valence-corrected chi connectivity index (χ1v) is 7.83. The molecule has 0 aliphatic rings. The molecular formula is C15H20BrN3O4. The highest BCUT2D eigenvalue weighted by Gasteiger charge is 2.13. The van der Waals surface area contributed by atoms with E-state index in [1.807, 2.05) is 13.8 Å². The second kappa shape index (κ2) is 9.14. The van der Waals surface area contributed by atoms with Gasteiger partial charge in [-0.2, -0.15) is 5.10 Å². The average molecular weight is 386 g/mol. The molecule has 0 unspecified atom stereocenters. The van der Waals surface area contributed by atoms with Crippen molar-refractivity contribution in [3.63, 3.8) is 0 Å². The van der Waals surface area contributed by atoms with Gasteiger partial charge in [0.25, 0.3) is 0 Å². The van der Waals surface area contributed by atoms with Crippen molar-refractivity contribution in [2.24, 2.45) is 5.10 Å². The maximum absolute atomic E-state index is 11.4. The van der Waals surface area contributed by atoms with E-state index in [9.17, 15) is 9.59 Å². The predicted molar refractivity (Wildman–Crippen MR) is 90.9 cm³/mol. The second-order valence-electron chi connectivity index (χ2n) is 4.76. The Morgan fingerprint density at radius 1 is 1.35 bits per heavy atom. The number of carbonyl (C=O) groups excluding carboxylic acids is 2. The predicted octanol–water partition coefficient (Wildman–Crippen LogP) is 1.83. The first kappa shape index (κ1) is 19.0. The van der Waals surface area contributed by atoms with Crippen LogP contribution in [0.3, 0.4) is 0 Å². The van der Waals surface area contributed by atoms with Crippen LogP contribution in [-0.4, -0.2) is 37.8 Å². The lowest BCUT2D eigenvalue weighted by atomic mass is 10.2. The lowest BCUT2D eigenvalue weighted by Gasteiger charge is -2.15. The Labute approximate surface area is 143 Å². The molecule has 0 saturated carbocycles. The van der Waals surface area contributed by atoms with Gasteiger partial charge in [0, 0.05) is 6.54 Å². The van der Waals surface area contributed by atoms with Crippen LogP contribution >= 0.6 is 15.9 Å². The monoisotopic (exact) mass is 385 g/mol. The van der Waals surface area contributed by atoms with Gasteiger partial charge >= 0.3 is 11.8 Å². The van der Waals surface area contributed by atoms with E-state index in [2.05, 4.69) is 31.8 Å². The largest absolute Gasteiger partial charge is 0.493 e. The van der Waals surface area contributed by atoms with Crippen molar-refractivity contribution in [2.45, 2.75) is 26.9 Å². The van der Waals surface area contributed by atoms with Crippen LogP contribution in [0.1, 0.15) is 26.3 Å². The third-order valence-corrected chi connectivity index (χ3v) is 3.12. The van der Waals surface area contributed by atoms with Crippen molar-refractivity contribution in [3.05, 3.63) is 22.2 Å². The van der Waals surface area contributed by atoms with Crippen LogP contribution in [0.4, 0.5) is 0 Å². The minimum absolute atomic E-state index is 0.00363. The van der Waals surface area contributed by atoms with Gasteiger partial charge in [-0.15, -0.1) is 0 Å². The number of hydrazone groups is 1. The van der Waals surface area contributed by atoms with Gasteiger partial charge in [-0.3, -0.25) is 9.59 Å². The summed E-state index contributed by atoms with van der Waals surface area (Å²) in [6.07, 6.45) is 1.40. The number of nitrogens with one attached hydrogen (secondary N) is 2. The minimum atomic E-state index is -0.825. The molecular weight excluding hydrogens is 366 g/mol. The van der Waals surface area contributed by atoms with E-state index in [0.29, 0.717) is 28.1 Å². The van der Waals surface area contributed by atoms with Gasteiger partial charge in [0.1, 0.15) is 0 Å². The summed E-state index contributed by atoms with van der Waals surface area (Å²) >= 11 is 3.41. The summed E-state index contributed by atoms with van der Waals surface area (Å²) < 4.78 is 11.7. The van der Waals surface area contributed by atoms with Gasteiger partial charge < -0.3 is 14.8 Å². The van der Waals surface area contributed by atoms with E-state index >= 15 is 0 Å². The van der Waals surface area contributed by atoms with Gasteiger partial charge in [-0.05, 0) is 54.4 Å². The Balaban J connectivity index is 2.85. The molecule has 1 aromatic rings. The van der Waals surface area contributed by atoms with Crippen LogP contribution in [0.15, 0.2) is 21.7 Å². The third kappa shape index (κ3) is 5.90. The third-order valence-electron chi connectivity index (χ3n) is 2.53. The Morgan fingerprint density at radius 2 is 2.04 bits per heavy atom. The minimum Gasteiger partial charge on any atom is -0.493 e. The number of likely N-dealkylation sites (N-methyl/N-ethyl adjacent to an activating group) is 1. The first-order valence-electron chi connectivity index (χ1n) is 7.04. The number of hydrogen-bond donors (Lipinski definition) is 2. The molecule has 1 aromatic carbocycles. The number of methoxy groups -OCH3 is 1. The lowest BCUT2D eigenvalue weighted by Crippen LogP contribution is -2.37. The van der Waals surface area contributed by atoms with Crippen molar-refractivity contribution in [1.29, 1.82) is 0 Å². The molecule has 7 nitrogen and oxygen atoms in total. The first-order chi connectivity index (χ1) is 10.9. The molecule has 8 heteroatoms. The molecule has 23 heavy (non-hydrogen) atoms. The summed E-state index contributed by atoms with van der Waals surface area (Å²) in [7, 11) is 1.53. The van der Waals surface area contributed by atoms with Crippen molar-refractivity contribution >= 4 is 34.0 Å². The summed E-state index contributed by atoms with van der Waals surface area (Å²) in [4.78, 5) is 22.6. The van der Waals surface area contributed by atoms with Crippen LogP contribution in [0.2, 0.25) is 0 Å². The SMILES string of the molecule is CCNC(=O)C(=O)N/N=C\c1cc(Br)c(OC(C)C)c(OC)c1. The van der Waals surface area contributed by atoms with Crippen molar-refractivity contribution < 1.29 is 19.1 Å². The maximum Gasteiger partial charge on any atom is 0.329 e. The molecule has 0 heterocycles. The Hall–Kier alpha value is -2.09. The molecule has 0 radical (unpaired) electrons. The van der Waals surface area contributed by atoms with Gasteiger partial charge in [-0.25, -0.2) is 5.43 Å². The summed E-state index contributed by atoms with van der Waals surface area (Å²) in [5.41, 5.74) is 2.82. The highest BCUT2D eigenvalue weighted by atomic mass is 79.9. The van der Waals surface area contributed by atoms with Crippen LogP contribution in [0.25, 0.3) is 0 Å². The maximum atomic E-state index is 11.4. The summed E-state index contributed by atoms with van der Waals surface area (Å²) in [6.45, 7) is 5.92. The molecule has 0 fully saturated rings. The van der Waals surface area contributed by atoms with E-state index in [1.54, 1.807) is 19.1 Å². The fourth-order valence-electron chi connectivity index (χ4n) is 1.62. The molecule has 1 rings (SSSR count). The smallest absolute Gasteiger partial charge is 0.329 e. The van der Waals surface area contributed by atoms with Crippen LogP contribution in [0, 0.1) is 0 Å². The normalized spacial score (nSPS) is 10.7. The Kier molecular flexibility index (Phi) is 7.53. The molecule has 0 atom stereocenters. The molecule has 0 bridgehead atoms. The van der Waals surface area contributed by atoms with E-state index in [0.717, 1.165) is 0 Å². The quantitative estimate of drug-likeness (QED) is 0.444. The molecule has 126 valence electrons. The second-order valence-corrected chi connectivity index (χ2v) is 5.61. The zero-order valence-electron chi connectivity index (χ0n) is 13.5. The highest BCUT2D eigenvalue weighted by Crippen LogP contribution is 2.36. The molecule has 2 amide bonds. The number of benzene rings is 1. The van der Waals surface area contributed by atoms with Crippen LogP contribution in [0.5, 0.6) is 11.5 Å². The number of nitrogens with zero attached hydrogens (tertiary/aromatic N) is 1. The van der Waals surface area contributed by atoms with Crippen LogP contribution in [-0.2, 0) is 9.59 Å². The van der Waals surface area contributed by atoms with E-state index < -0.39 is 11.8 Å². The van der Waals surface area contributed by atoms with E-state index in [4.69, 9.17) is 9.47 Å². The topological polar surface area (TPSA) is 89.0 Å². The van der Waals surface area contributed by atoms with Crippen LogP contribution < -0.4 is 20.2 Å². The highest BCUT2D eigenvalue weighted by molar-refractivity contribution is 9.10. The summed E-state index contributed by atoms with van der Waals surface area (Å²) in [5, 5.41) is 6.13. The molecule has 0 saturated heterocycles. The number of rotatable bonds is 6. The van der Waals surface area contributed by atoms with Crippen molar-refractivity contribution in [2.75, 3.05) is 13.7 Å². The molecule has 2 N–H and O–H groups in total. The average Bonchev–Trinajstić information content (AvgIpc) is 2.49. The zero-order valence-corrected chi connectivity index (χ0v) is 15.1. The number of amides is 2. The van der Waals surface area contributed by atoms with Gasteiger partial charge in [0.2, 0.25) is 0 Å². The van der Waals surface area contributed by atoms with Gasteiger partial charge in [0.05, 0.1) is 23.9 Å². The Bertz CT molecular complexity index is 603. The summed E-state index contributed by atoms with van der Waals surface area (Å²) in [6, 6.07) is 3.48. The van der Waals surface area contributed by atoms with E-state index in [1.165, 1.54) is 13.3 Å². The van der Waals surface area contributed by atoms with Gasteiger partial charge in [-0.1, -0.05) is 0 Å². The molecule has 0 aliphatic carbocycles. The fourth-order valence-corrected chi connectivity index (χ4v) is 2.17. The summed E-state index contributed by atoms with van der Waals surface area (Å²) in [5.74, 6) is -0.437. The van der Waals surface area contributed by atoms with Crippen molar-refractivity contribution in [3.8, 4) is 11.5 Å². The van der Waals surface area contributed by atoms with E-state index in [-0.39, 0.29) is 6.10 Å². The number of halogens is 1. The standard InChI is InChI=1S/C15H20BrN3O4/c1-5-17-14(20)15(21)19-18-8-10-6-11(16)13(23-9(2)3)12(7-10)22-4/h6-9H,5H2,1-4H3,(H,17,20)(H,19,21)/b18-8-. The Morgan fingerprint density at radius 3 is 2.61 bits per heavy atom. The fraction of sp³-hybridized carbons (Fsp3) is 0.400. The molecule has 0 spiro atoms. The molecule has 0 aliphatic heterocycles. The number of hydrogen-bond acceptors (Lipinski definition) is 5. The number of carbonyl (C=O) groups is 2. The molecule has 0 aromatic heterocycles. The number of ether oxygens (including phenoxy) is 2. The van der Waals surface area contributed by atoms with Gasteiger partial charge in [0.15, 0.2) is 11.5 Å². The zero-order chi connectivity index (χ0) is 17.4.